The van der Waals surface area contributed by atoms with E-state index in [9.17, 15) is 14.4 Å². The van der Waals surface area contributed by atoms with E-state index >= 15 is 0 Å². The van der Waals surface area contributed by atoms with Crippen molar-refractivity contribution in [1.29, 1.82) is 0 Å². The first-order valence-corrected chi connectivity index (χ1v) is 12.8. The van der Waals surface area contributed by atoms with Gasteiger partial charge in [0.15, 0.2) is 22.4 Å². The Morgan fingerprint density at radius 1 is 1.26 bits per heavy atom. The lowest BCUT2D eigenvalue weighted by Crippen LogP contribution is -2.44. The maximum absolute atomic E-state index is 13.0. The molecule has 0 unspecified atom stereocenters. The summed E-state index contributed by atoms with van der Waals surface area (Å²) < 4.78 is 16.7. The Labute approximate surface area is 230 Å². The Bertz CT molecular complexity index is 1240. The van der Waals surface area contributed by atoms with Crippen molar-refractivity contribution in [3.63, 3.8) is 0 Å². The molecule has 1 N–H and O–H groups in total. The average molecular weight is 647 g/mol. The van der Waals surface area contributed by atoms with Crippen molar-refractivity contribution < 1.29 is 28.6 Å². The standard InChI is InChI=1S/C23H20ClIN2O6S2/c1-4-32-17-9-13(8-16(25)20(17)33-11-19(28)31-3)10-18-22(30)27(23(34)35-18)26-21(29)14-6-5-12(2)7-15(14)24/h5-10H,4,11H2,1-3H3,(H,26,29)/b18-10+. The normalized spacial score (nSPS) is 14.3. The molecule has 0 bridgehead atoms. The van der Waals surface area contributed by atoms with Crippen molar-refractivity contribution >= 4 is 86.4 Å². The molecule has 0 radical (unpaired) electrons. The van der Waals surface area contributed by atoms with Crippen LogP contribution in [0, 0.1) is 10.5 Å². The van der Waals surface area contributed by atoms with Crippen LogP contribution in [0.15, 0.2) is 35.2 Å². The van der Waals surface area contributed by atoms with E-state index in [0.29, 0.717) is 32.1 Å². The maximum Gasteiger partial charge on any atom is 0.343 e. The molecule has 0 aliphatic carbocycles. The lowest BCUT2D eigenvalue weighted by atomic mass is 10.1. The quantitative estimate of drug-likeness (QED) is 0.190. The molecule has 2 aromatic rings. The minimum atomic E-state index is -0.548. The highest BCUT2D eigenvalue weighted by molar-refractivity contribution is 14.1. The van der Waals surface area contributed by atoms with Crippen molar-refractivity contribution in [1.82, 2.24) is 10.4 Å². The van der Waals surface area contributed by atoms with E-state index in [1.807, 2.05) is 13.8 Å². The van der Waals surface area contributed by atoms with Gasteiger partial charge in [0.05, 0.1) is 32.8 Å². The van der Waals surface area contributed by atoms with Crippen LogP contribution in [-0.2, 0) is 14.3 Å². The number of hydrogen-bond donors (Lipinski definition) is 1. The predicted molar refractivity (Wildman–Crippen MR) is 147 cm³/mol. The van der Waals surface area contributed by atoms with Gasteiger partial charge in [-0.3, -0.25) is 15.0 Å². The third-order valence-corrected chi connectivity index (χ3v) is 6.98. The second-order valence-corrected chi connectivity index (χ2v) is 10.3. The summed E-state index contributed by atoms with van der Waals surface area (Å²) in [6.07, 6.45) is 1.64. The van der Waals surface area contributed by atoms with E-state index in [-0.39, 0.29) is 21.5 Å². The lowest BCUT2D eigenvalue weighted by molar-refractivity contribution is -0.143. The Morgan fingerprint density at radius 3 is 2.66 bits per heavy atom. The van der Waals surface area contributed by atoms with Gasteiger partial charge in [-0.2, -0.15) is 5.01 Å². The molecule has 12 heteroatoms. The number of thioether (sulfide) groups is 1. The zero-order valence-electron chi connectivity index (χ0n) is 18.8. The molecule has 0 atom stereocenters. The molecule has 0 saturated carbocycles. The third kappa shape index (κ3) is 6.66. The molecular formula is C23H20ClIN2O6S2. The number of carbonyl (C=O) groups is 3. The summed E-state index contributed by atoms with van der Waals surface area (Å²) in [5, 5.41) is 1.29. The van der Waals surface area contributed by atoms with Crippen LogP contribution >= 0.6 is 58.2 Å². The second kappa shape index (κ2) is 12.1. The van der Waals surface area contributed by atoms with Crippen molar-refractivity contribution in [3.8, 4) is 11.5 Å². The Balaban J connectivity index is 1.82. The molecule has 1 heterocycles. The van der Waals surface area contributed by atoms with Gasteiger partial charge in [0.1, 0.15) is 0 Å². The van der Waals surface area contributed by atoms with Gasteiger partial charge in [0.25, 0.3) is 11.8 Å². The Kier molecular flexibility index (Phi) is 9.39. The minimum Gasteiger partial charge on any atom is -0.490 e. The van der Waals surface area contributed by atoms with E-state index in [1.54, 1.807) is 36.4 Å². The first-order valence-electron chi connectivity index (χ1n) is 10.2. The smallest absolute Gasteiger partial charge is 0.343 e. The van der Waals surface area contributed by atoms with Gasteiger partial charge in [-0.05, 0) is 90.1 Å². The number of halogens is 2. The van der Waals surface area contributed by atoms with Crippen molar-refractivity contribution in [2.24, 2.45) is 0 Å². The number of carbonyl (C=O) groups excluding carboxylic acids is 3. The molecular weight excluding hydrogens is 627 g/mol. The third-order valence-electron chi connectivity index (χ3n) is 4.57. The first kappa shape index (κ1) is 27.2. The molecule has 0 aromatic heterocycles. The van der Waals surface area contributed by atoms with Crippen LogP contribution in [0.5, 0.6) is 11.5 Å². The van der Waals surface area contributed by atoms with Gasteiger partial charge in [0.2, 0.25) is 0 Å². The summed E-state index contributed by atoms with van der Waals surface area (Å²) in [6, 6.07) is 8.46. The van der Waals surface area contributed by atoms with Crippen molar-refractivity contribution in [2.45, 2.75) is 13.8 Å². The fourth-order valence-electron chi connectivity index (χ4n) is 2.95. The number of thiocarbonyl (C=S) groups is 1. The van der Waals surface area contributed by atoms with Gasteiger partial charge < -0.3 is 14.2 Å². The number of rotatable bonds is 8. The zero-order valence-corrected chi connectivity index (χ0v) is 23.4. The number of hydrogen-bond acceptors (Lipinski definition) is 8. The van der Waals surface area contributed by atoms with Gasteiger partial charge >= 0.3 is 5.97 Å². The van der Waals surface area contributed by atoms with Crippen LogP contribution in [0.3, 0.4) is 0 Å². The highest BCUT2D eigenvalue weighted by atomic mass is 127. The minimum absolute atomic E-state index is 0.176. The molecule has 35 heavy (non-hydrogen) atoms. The van der Waals surface area contributed by atoms with Crippen LogP contribution in [0.1, 0.15) is 28.4 Å². The SMILES string of the molecule is CCOc1cc(/C=C2/SC(=S)N(NC(=O)c3ccc(C)cc3Cl)C2=O)cc(I)c1OCC(=O)OC. The molecule has 1 fully saturated rings. The maximum atomic E-state index is 13.0. The molecule has 184 valence electrons. The summed E-state index contributed by atoms with van der Waals surface area (Å²) in [7, 11) is 1.27. The monoisotopic (exact) mass is 646 g/mol. The number of aryl methyl sites for hydroxylation is 1. The summed E-state index contributed by atoms with van der Waals surface area (Å²) in [4.78, 5) is 37.4. The summed E-state index contributed by atoms with van der Waals surface area (Å²) in [5.74, 6) is -0.745. The van der Waals surface area contributed by atoms with E-state index in [1.165, 1.54) is 7.11 Å². The largest absolute Gasteiger partial charge is 0.490 e. The molecule has 2 aromatic carbocycles. The summed E-state index contributed by atoms with van der Waals surface area (Å²) >= 11 is 14.6. The number of hydrazine groups is 1. The Morgan fingerprint density at radius 2 is 2.00 bits per heavy atom. The predicted octanol–water partition coefficient (Wildman–Crippen LogP) is 4.75. The summed E-state index contributed by atoms with van der Waals surface area (Å²) in [6.45, 7) is 3.77. The second-order valence-electron chi connectivity index (χ2n) is 7.07. The van der Waals surface area contributed by atoms with Gasteiger partial charge in [0, 0.05) is 0 Å². The lowest BCUT2D eigenvalue weighted by Gasteiger charge is -2.16. The molecule has 3 rings (SSSR count). The highest BCUT2D eigenvalue weighted by Gasteiger charge is 2.34. The van der Waals surface area contributed by atoms with E-state index in [2.05, 4.69) is 32.8 Å². The fraction of sp³-hybridized carbons (Fsp3) is 0.217. The number of benzene rings is 2. The van der Waals surface area contributed by atoms with E-state index in [0.717, 1.165) is 22.3 Å². The first-order chi connectivity index (χ1) is 16.6. The Hall–Kier alpha value is -2.35. The van der Waals surface area contributed by atoms with Crippen LogP contribution in [0.4, 0.5) is 0 Å². The van der Waals surface area contributed by atoms with Crippen molar-refractivity contribution in [3.05, 3.63) is 60.5 Å². The topological polar surface area (TPSA) is 94.2 Å². The molecule has 0 spiro atoms. The molecule has 2 amide bonds. The number of esters is 1. The van der Waals surface area contributed by atoms with Crippen LogP contribution in [-0.4, -0.2) is 47.4 Å². The van der Waals surface area contributed by atoms with Crippen molar-refractivity contribution in [2.75, 3.05) is 20.3 Å². The van der Waals surface area contributed by atoms with Crippen LogP contribution in [0.25, 0.3) is 6.08 Å². The number of ether oxygens (including phenoxy) is 3. The molecule has 1 aliphatic rings. The molecule has 8 nitrogen and oxygen atoms in total. The number of amides is 2. The number of nitrogens with zero attached hydrogens (tertiary/aromatic N) is 1. The van der Waals surface area contributed by atoms with Gasteiger partial charge in [-0.25, -0.2) is 4.79 Å². The molecule has 1 saturated heterocycles. The fourth-order valence-corrected chi connectivity index (χ4v) is 5.23. The average Bonchev–Trinajstić information content (AvgIpc) is 3.05. The van der Waals surface area contributed by atoms with Crippen LogP contribution < -0.4 is 14.9 Å². The van der Waals surface area contributed by atoms with Gasteiger partial charge in [-0.1, -0.05) is 29.4 Å². The van der Waals surface area contributed by atoms with E-state index in [4.69, 9.17) is 33.3 Å². The number of methoxy groups -OCH3 is 1. The van der Waals surface area contributed by atoms with E-state index < -0.39 is 17.8 Å². The zero-order chi connectivity index (χ0) is 25.7. The summed E-state index contributed by atoms with van der Waals surface area (Å²) in [5.41, 5.74) is 4.31. The number of nitrogens with one attached hydrogen (secondary N) is 1. The van der Waals surface area contributed by atoms with Crippen LogP contribution in [0.2, 0.25) is 5.02 Å². The molecule has 1 aliphatic heterocycles. The highest BCUT2D eigenvalue weighted by Crippen LogP contribution is 2.37. The van der Waals surface area contributed by atoms with Gasteiger partial charge in [-0.15, -0.1) is 0 Å².